The fraction of sp³-hybridized carbons (Fsp3) is 0.632. The number of sulfonamides is 1. The van der Waals surface area contributed by atoms with E-state index in [1.54, 1.807) is 7.05 Å². The molecule has 0 bridgehead atoms. The fourth-order valence-electron chi connectivity index (χ4n) is 3.35. The summed E-state index contributed by atoms with van der Waals surface area (Å²) in [4.78, 5) is 6.63. The summed E-state index contributed by atoms with van der Waals surface area (Å²) < 4.78 is 26.0. The van der Waals surface area contributed by atoms with Crippen LogP contribution in [0, 0.1) is 0 Å². The third-order valence-electron chi connectivity index (χ3n) is 4.93. The molecule has 1 aliphatic heterocycles. The van der Waals surface area contributed by atoms with Gasteiger partial charge in [0.15, 0.2) is 5.96 Å². The molecule has 1 fully saturated rings. The van der Waals surface area contributed by atoms with E-state index in [0.29, 0.717) is 31.6 Å². The number of nitrogens with zero attached hydrogens (tertiary/aromatic N) is 3. The quantitative estimate of drug-likeness (QED) is 0.310. The standard InChI is InChI=1S/C19H33N5O2S.HI/c1-4-24(5-2)27(25,26)16-13-21-19(20-3)22-17-11-14-23(15-12-17)18-9-7-6-8-10-18;/h6-10,17H,4-5,11-16H2,1-3H3,(H2,20,21,22);1H. The maximum Gasteiger partial charge on any atom is 0.215 e. The van der Waals surface area contributed by atoms with Crippen molar-refractivity contribution >= 4 is 45.6 Å². The monoisotopic (exact) mass is 523 g/mol. The number of hydrogen-bond acceptors (Lipinski definition) is 4. The van der Waals surface area contributed by atoms with E-state index >= 15 is 0 Å². The Bertz CT molecular complexity index is 688. The average Bonchev–Trinajstić information content (AvgIpc) is 2.69. The molecule has 1 aliphatic rings. The number of halogens is 1. The van der Waals surface area contributed by atoms with Crippen molar-refractivity contribution in [1.82, 2.24) is 14.9 Å². The lowest BCUT2D eigenvalue weighted by Gasteiger charge is -2.34. The van der Waals surface area contributed by atoms with E-state index in [1.807, 2.05) is 19.9 Å². The van der Waals surface area contributed by atoms with Gasteiger partial charge < -0.3 is 15.5 Å². The van der Waals surface area contributed by atoms with E-state index in [0.717, 1.165) is 25.9 Å². The predicted molar refractivity (Wildman–Crippen MR) is 128 cm³/mol. The first-order chi connectivity index (χ1) is 13.0. The molecule has 0 amide bonds. The number of hydrogen-bond donors (Lipinski definition) is 2. The van der Waals surface area contributed by atoms with Crippen LogP contribution in [-0.4, -0.2) is 70.2 Å². The highest BCUT2D eigenvalue weighted by atomic mass is 127. The molecule has 0 saturated carbocycles. The number of anilines is 1. The Labute approximate surface area is 187 Å². The van der Waals surface area contributed by atoms with E-state index in [-0.39, 0.29) is 29.7 Å². The van der Waals surface area contributed by atoms with Crippen molar-refractivity contribution in [2.45, 2.75) is 32.7 Å². The molecule has 1 aromatic carbocycles. The average molecular weight is 523 g/mol. The van der Waals surface area contributed by atoms with Crippen LogP contribution in [0.4, 0.5) is 5.69 Å². The first-order valence-electron chi connectivity index (χ1n) is 9.75. The number of guanidine groups is 1. The predicted octanol–water partition coefficient (Wildman–Crippen LogP) is 2.11. The van der Waals surface area contributed by atoms with Crippen molar-refractivity contribution in [1.29, 1.82) is 0 Å². The number of para-hydroxylation sites is 1. The van der Waals surface area contributed by atoms with Gasteiger partial charge in [0.1, 0.15) is 0 Å². The number of piperidine rings is 1. The first-order valence-corrected chi connectivity index (χ1v) is 11.4. The summed E-state index contributed by atoms with van der Waals surface area (Å²) in [5.41, 5.74) is 1.26. The molecule has 7 nitrogen and oxygen atoms in total. The van der Waals surface area contributed by atoms with Crippen LogP contribution in [0.1, 0.15) is 26.7 Å². The number of nitrogens with one attached hydrogen (secondary N) is 2. The van der Waals surface area contributed by atoms with Gasteiger partial charge in [0, 0.05) is 51.5 Å². The zero-order valence-corrected chi connectivity index (χ0v) is 20.2. The van der Waals surface area contributed by atoms with Crippen LogP contribution in [0.2, 0.25) is 0 Å². The van der Waals surface area contributed by atoms with Crippen LogP contribution in [0.3, 0.4) is 0 Å². The summed E-state index contributed by atoms with van der Waals surface area (Å²) in [5.74, 6) is 0.741. The zero-order valence-electron chi connectivity index (χ0n) is 17.1. The summed E-state index contributed by atoms with van der Waals surface area (Å²) in [6.07, 6.45) is 2.04. The lowest BCUT2D eigenvalue weighted by Crippen LogP contribution is -2.49. The molecule has 0 spiro atoms. The molecule has 1 saturated heterocycles. The van der Waals surface area contributed by atoms with Crippen LogP contribution in [0.5, 0.6) is 0 Å². The molecule has 0 radical (unpaired) electrons. The summed E-state index contributed by atoms with van der Waals surface area (Å²) in [7, 11) is -1.50. The maximum absolute atomic E-state index is 12.2. The van der Waals surface area contributed by atoms with Crippen LogP contribution in [-0.2, 0) is 10.0 Å². The van der Waals surface area contributed by atoms with Gasteiger partial charge in [-0.05, 0) is 25.0 Å². The van der Waals surface area contributed by atoms with Crippen molar-refractivity contribution in [2.75, 3.05) is 50.4 Å². The van der Waals surface area contributed by atoms with E-state index in [9.17, 15) is 8.42 Å². The normalized spacial score (nSPS) is 16.0. The van der Waals surface area contributed by atoms with Crippen molar-refractivity contribution in [2.24, 2.45) is 4.99 Å². The molecule has 0 aliphatic carbocycles. The van der Waals surface area contributed by atoms with Gasteiger partial charge in [0.2, 0.25) is 10.0 Å². The molecule has 2 rings (SSSR count). The minimum absolute atomic E-state index is 0. The highest BCUT2D eigenvalue weighted by Crippen LogP contribution is 2.19. The van der Waals surface area contributed by atoms with Crippen molar-refractivity contribution < 1.29 is 8.42 Å². The summed E-state index contributed by atoms with van der Waals surface area (Å²) in [6, 6.07) is 10.8. The largest absolute Gasteiger partial charge is 0.371 e. The third-order valence-corrected chi connectivity index (χ3v) is 6.96. The van der Waals surface area contributed by atoms with E-state index in [4.69, 9.17) is 0 Å². The number of aliphatic imine (C=N–C) groups is 1. The Balaban J connectivity index is 0.00000392. The smallest absolute Gasteiger partial charge is 0.215 e. The Hall–Kier alpha value is -1.07. The number of rotatable bonds is 8. The molecule has 0 atom stereocenters. The summed E-state index contributed by atoms with van der Waals surface area (Å²) in [5, 5.41) is 6.56. The molecule has 9 heteroatoms. The molecule has 28 heavy (non-hydrogen) atoms. The minimum atomic E-state index is -3.22. The molecule has 1 aromatic rings. The second-order valence-corrected chi connectivity index (χ2v) is 8.73. The Morgan fingerprint density at radius 1 is 1.18 bits per heavy atom. The molecule has 0 unspecified atom stereocenters. The number of benzene rings is 1. The molecule has 0 aromatic heterocycles. The van der Waals surface area contributed by atoms with Crippen molar-refractivity contribution in [3.05, 3.63) is 30.3 Å². The summed E-state index contributed by atoms with van der Waals surface area (Å²) in [6.45, 7) is 7.07. The first kappa shape index (κ1) is 25.0. The van der Waals surface area contributed by atoms with Crippen LogP contribution < -0.4 is 15.5 Å². The zero-order chi connectivity index (χ0) is 19.7. The second-order valence-electron chi connectivity index (χ2n) is 6.64. The van der Waals surface area contributed by atoms with E-state index < -0.39 is 10.0 Å². The van der Waals surface area contributed by atoms with Crippen LogP contribution in [0.25, 0.3) is 0 Å². The van der Waals surface area contributed by atoms with E-state index in [1.165, 1.54) is 9.99 Å². The Morgan fingerprint density at radius 2 is 1.79 bits per heavy atom. The topological polar surface area (TPSA) is 77.0 Å². The molecular weight excluding hydrogens is 489 g/mol. The Kier molecular flexibility index (Phi) is 11.1. The highest BCUT2D eigenvalue weighted by molar-refractivity contribution is 14.0. The van der Waals surface area contributed by atoms with Gasteiger partial charge in [0.25, 0.3) is 0 Å². The second kappa shape index (κ2) is 12.5. The molecule has 2 N–H and O–H groups in total. The SMILES string of the molecule is CCN(CC)S(=O)(=O)CCNC(=NC)NC1CCN(c2ccccc2)CC1.I. The van der Waals surface area contributed by atoms with Gasteiger partial charge in [0.05, 0.1) is 5.75 Å². The maximum atomic E-state index is 12.2. The van der Waals surface area contributed by atoms with Gasteiger partial charge in [-0.3, -0.25) is 4.99 Å². The fourth-order valence-corrected chi connectivity index (χ4v) is 4.76. The van der Waals surface area contributed by atoms with Gasteiger partial charge >= 0.3 is 0 Å². The van der Waals surface area contributed by atoms with Crippen LogP contribution in [0.15, 0.2) is 35.3 Å². The molecule has 160 valence electrons. The lowest BCUT2D eigenvalue weighted by atomic mass is 10.0. The molecule has 1 heterocycles. The van der Waals surface area contributed by atoms with Gasteiger partial charge in [-0.25, -0.2) is 12.7 Å². The van der Waals surface area contributed by atoms with Crippen LogP contribution >= 0.6 is 24.0 Å². The van der Waals surface area contributed by atoms with Gasteiger partial charge in [-0.2, -0.15) is 0 Å². The van der Waals surface area contributed by atoms with Gasteiger partial charge in [-0.1, -0.05) is 32.0 Å². The molecular formula is C19H34IN5O2S. The van der Waals surface area contributed by atoms with Gasteiger partial charge in [-0.15, -0.1) is 24.0 Å². The highest BCUT2D eigenvalue weighted by Gasteiger charge is 2.21. The van der Waals surface area contributed by atoms with E-state index in [2.05, 4.69) is 44.8 Å². The third kappa shape index (κ3) is 7.40. The van der Waals surface area contributed by atoms with Crippen molar-refractivity contribution in [3.63, 3.8) is 0 Å². The van der Waals surface area contributed by atoms with Crippen molar-refractivity contribution in [3.8, 4) is 0 Å². The minimum Gasteiger partial charge on any atom is -0.371 e. The lowest BCUT2D eigenvalue weighted by molar-refractivity contribution is 0.444. The Morgan fingerprint density at radius 3 is 2.32 bits per heavy atom. The summed E-state index contributed by atoms with van der Waals surface area (Å²) >= 11 is 0.